The van der Waals surface area contributed by atoms with Gasteiger partial charge in [-0.25, -0.2) is 4.79 Å². The molecule has 0 bridgehead atoms. The molecule has 1 aliphatic rings. The molecule has 94 valence electrons. The molecular formula is C16H18O2. The predicted octanol–water partition coefficient (Wildman–Crippen LogP) is 4.09. The van der Waals surface area contributed by atoms with Gasteiger partial charge in [-0.05, 0) is 31.4 Å². The quantitative estimate of drug-likeness (QED) is 0.587. The molecule has 2 nitrogen and oxygen atoms in total. The number of allylic oxidation sites excluding steroid dienone is 2. The lowest BCUT2D eigenvalue weighted by atomic mass is 10.00. The molecule has 1 aromatic rings. The van der Waals surface area contributed by atoms with Crippen LogP contribution >= 0.6 is 0 Å². The first kappa shape index (κ1) is 12.6. The van der Waals surface area contributed by atoms with Crippen molar-refractivity contribution in [1.82, 2.24) is 0 Å². The van der Waals surface area contributed by atoms with Crippen molar-refractivity contribution in [2.75, 3.05) is 0 Å². The second kappa shape index (κ2) is 5.67. The van der Waals surface area contributed by atoms with Gasteiger partial charge in [0.2, 0.25) is 0 Å². The molecule has 0 spiro atoms. The van der Waals surface area contributed by atoms with E-state index in [9.17, 15) is 4.79 Å². The first-order valence-electron chi connectivity index (χ1n) is 6.43. The topological polar surface area (TPSA) is 26.3 Å². The Morgan fingerprint density at radius 3 is 2.61 bits per heavy atom. The Balaban J connectivity index is 2.34. The van der Waals surface area contributed by atoms with E-state index in [1.165, 1.54) is 0 Å². The minimum atomic E-state index is -0.225. The fraction of sp³-hybridized carbons (Fsp3) is 0.312. The second-order valence-electron chi connectivity index (χ2n) is 4.47. The number of benzene rings is 1. The SMILES string of the molecule is CCCC/C=C1\OC(=O)C(C)=C1c1ccccc1. The number of hydrogen-bond acceptors (Lipinski definition) is 2. The van der Waals surface area contributed by atoms with E-state index in [0.29, 0.717) is 5.57 Å². The number of cyclic esters (lactones) is 1. The fourth-order valence-electron chi connectivity index (χ4n) is 2.06. The molecule has 0 aromatic heterocycles. The third kappa shape index (κ3) is 2.53. The summed E-state index contributed by atoms with van der Waals surface area (Å²) >= 11 is 0. The van der Waals surface area contributed by atoms with Crippen LogP contribution in [-0.2, 0) is 9.53 Å². The number of ether oxygens (including phenoxy) is 1. The van der Waals surface area contributed by atoms with Crippen LogP contribution in [0.25, 0.3) is 5.57 Å². The van der Waals surface area contributed by atoms with Gasteiger partial charge in [0.05, 0.1) is 0 Å². The minimum Gasteiger partial charge on any atom is -0.423 e. The van der Waals surface area contributed by atoms with Crippen molar-refractivity contribution in [3.8, 4) is 0 Å². The Hall–Kier alpha value is -1.83. The van der Waals surface area contributed by atoms with Crippen LogP contribution in [0.3, 0.4) is 0 Å². The largest absolute Gasteiger partial charge is 0.423 e. The zero-order valence-electron chi connectivity index (χ0n) is 10.9. The zero-order chi connectivity index (χ0) is 13.0. The maximum atomic E-state index is 11.7. The molecule has 1 heterocycles. The van der Waals surface area contributed by atoms with E-state index in [0.717, 1.165) is 36.2 Å². The van der Waals surface area contributed by atoms with Crippen molar-refractivity contribution in [2.24, 2.45) is 0 Å². The molecule has 0 N–H and O–H groups in total. The van der Waals surface area contributed by atoms with Gasteiger partial charge in [0.1, 0.15) is 5.76 Å². The van der Waals surface area contributed by atoms with Crippen molar-refractivity contribution < 1.29 is 9.53 Å². The summed E-state index contributed by atoms with van der Waals surface area (Å²) in [7, 11) is 0. The third-order valence-corrected chi connectivity index (χ3v) is 3.08. The third-order valence-electron chi connectivity index (χ3n) is 3.08. The van der Waals surface area contributed by atoms with Crippen molar-refractivity contribution >= 4 is 11.5 Å². The molecule has 0 fully saturated rings. The molecule has 2 heteroatoms. The number of rotatable bonds is 4. The van der Waals surface area contributed by atoms with E-state index >= 15 is 0 Å². The average molecular weight is 242 g/mol. The van der Waals surface area contributed by atoms with Crippen LogP contribution in [0.2, 0.25) is 0 Å². The van der Waals surface area contributed by atoms with E-state index < -0.39 is 0 Å². The van der Waals surface area contributed by atoms with Crippen LogP contribution in [-0.4, -0.2) is 5.97 Å². The number of carbonyl (C=O) groups excluding carboxylic acids is 1. The van der Waals surface area contributed by atoms with E-state index in [-0.39, 0.29) is 5.97 Å². The van der Waals surface area contributed by atoms with Gasteiger partial charge in [0.25, 0.3) is 0 Å². The standard InChI is InChI=1S/C16H18O2/c1-3-4-6-11-14-15(12(2)16(17)18-14)13-9-7-5-8-10-13/h5,7-11H,3-4,6H2,1-2H3/b14-11-. The van der Waals surface area contributed by atoms with Gasteiger partial charge in [0.15, 0.2) is 0 Å². The lowest BCUT2D eigenvalue weighted by molar-refractivity contribution is -0.133. The summed E-state index contributed by atoms with van der Waals surface area (Å²) in [6.45, 7) is 3.98. The van der Waals surface area contributed by atoms with Gasteiger partial charge < -0.3 is 4.74 Å². The molecule has 0 radical (unpaired) electrons. The summed E-state index contributed by atoms with van der Waals surface area (Å²) in [5.74, 6) is 0.494. The fourth-order valence-corrected chi connectivity index (χ4v) is 2.06. The van der Waals surface area contributed by atoms with E-state index in [2.05, 4.69) is 6.92 Å². The Labute approximate surface area is 108 Å². The maximum Gasteiger partial charge on any atom is 0.339 e. The normalized spacial score (nSPS) is 17.4. The lowest BCUT2D eigenvalue weighted by Crippen LogP contribution is -1.94. The Kier molecular flexibility index (Phi) is 3.98. The van der Waals surface area contributed by atoms with Crippen LogP contribution in [0.5, 0.6) is 0 Å². The molecule has 0 saturated heterocycles. The molecule has 1 aromatic carbocycles. The van der Waals surface area contributed by atoms with E-state index in [1.807, 2.05) is 43.3 Å². The van der Waals surface area contributed by atoms with Gasteiger partial charge in [-0.1, -0.05) is 43.7 Å². The summed E-state index contributed by atoms with van der Waals surface area (Å²) in [5, 5.41) is 0. The highest BCUT2D eigenvalue weighted by Crippen LogP contribution is 2.34. The monoisotopic (exact) mass is 242 g/mol. The van der Waals surface area contributed by atoms with Gasteiger partial charge in [-0.15, -0.1) is 0 Å². The van der Waals surface area contributed by atoms with Crippen molar-refractivity contribution in [2.45, 2.75) is 33.1 Å². The molecule has 2 rings (SSSR count). The molecule has 0 aliphatic carbocycles. The smallest absolute Gasteiger partial charge is 0.339 e. The average Bonchev–Trinajstić information content (AvgIpc) is 2.67. The molecular weight excluding hydrogens is 224 g/mol. The number of carbonyl (C=O) groups is 1. The van der Waals surface area contributed by atoms with Crippen LogP contribution < -0.4 is 0 Å². The lowest BCUT2D eigenvalue weighted by Gasteiger charge is -2.04. The van der Waals surface area contributed by atoms with E-state index in [4.69, 9.17) is 4.74 Å². The minimum absolute atomic E-state index is 0.225. The van der Waals surface area contributed by atoms with Gasteiger partial charge in [-0.3, -0.25) is 0 Å². The molecule has 0 saturated carbocycles. The van der Waals surface area contributed by atoms with E-state index in [1.54, 1.807) is 0 Å². The first-order chi connectivity index (χ1) is 8.74. The van der Waals surface area contributed by atoms with Gasteiger partial charge >= 0.3 is 5.97 Å². The summed E-state index contributed by atoms with van der Waals surface area (Å²) in [4.78, 5) is 11.7. The second-order valence-corrected chi connectivity index (χ2v) is 4.47. The number of hydrogen-bond donors (Lipinski definition) is 0. The Bertz CT molecular complexity index is 495. The van der Waals surface area contributed by atoms with Crippen LogP contribution in [0.4, 0.5) is 0 Å². The van der Waals surface area contributed by atoms with Crippen molar-refractivity contribution in [1.29, 1.82) is 0 Å². The van der Waals surface area contributed by atoms with Gasteiger partial charge in [-0.2, -0.15) is 0 Å². The molecule has 0 amide bonds. The summed E-state index contributed by atoms with van der Waals surface area (Å²) in [6.07, 6.45) is 5.23. The molecule has 0 atom stereocenters. The molecule has 1 aliphatic heterocycles. The predicted molar refractivity (Wildman–Crippen MR) is 72.7 cm³/mol. The highest BCUT2D eigenvalue weighted by atomic mass is 16.5. The summed E-state index contributed by atoms with van der Waals surface area (Å²) in [6, 6.07) is 9.94. The number of esters is 1. The van der Waals surface area contributed by atoms with Gasteiger partial charge in [0, 0.05) is 11.1 Å². The van der Waals surface area contributed by atoms with Crippen LogP contribution in [0, 0.1) is 0 Å². The highest BCUT2D eigenvalue weighted by molar-refractivity contribution is 6.06. The zero-order valence-corrected chi connectivity index (χ0v) is 10.9. The summed E-state index contributed by atoms with van der Waals surface area (Å²) in [5.41, 5.74) is 2.68. The van der Waals surface area contributed by atoms with Crippen LogP contribution in [0.1, 0.15) is 38.7 Å². The molecule has 18 heavy (non-hydrogen) atoms. The Morgan fingerprint density at radius 1 is 1.22 bits per heavy atom. The maximum absolute atomic E-state index is 11.7. The first-order valence-corrected chi connectivity index (χ1v) is 6.43. The highest BCUT2D eigenvalue weighted by Gasteiger charge is 2.27. The van der Waals surface area contributed by atoms with Crippen LogP contribution in [0.15, 0.2) is 47.7 Å². The summed E-state index contributed by atoms with van der Waals surface area (Å²) < 4.78 is 5.34. The number of unbranched alkanes of at least 4 members (excludes halogenated alkanes) is 2. The van der Waals surface area contributed by atoms with Crippen molar-refractivity contribution in [3.63, 3.8) is 0 Å². The van der Waals surface area contributed by atoms with Crippen molar-refractivity contribution in [3.05, 3.63) is 53.3 Å². The molecule has 0 unspecified atom stereocenters. The Morgan fingerprint density at radius 2 is 1.94 bits per heavy atom.